The summed E-state index contributed by atoms with van der Waals surface area (Å²) in [6, 6.07) is 0. The fourth-order valence-corrected chi connectivity index (χ4v) is 2.09. The van der Waals surface area contributed by atoms with Crippen LogP contribution in [-0.4, -0.2) is 16.1 Å². The molecule has 0 radical (unpaired) electrons. The molecule has 3 nitrogen and oxygen atoms in total. The average Bonchev–Trinajstić information content (AvgIpc) is 2.46. The Hall–Kier alpha value is -0.830. The Morgan fingerprint density at radius 1 is 1.38 bits per heavy atom. The highest BCUT2D eigenvalue weighted by molar-refractivity contribution is 5.20. The van der Waals surface area contributed by atoms with Gasteiger partial charge in [0.1, 0.15) is 5.82 Å². The fourth-order valence-electron chi connectivity index (χ4n) is 2.09. The van der Waals surface area contributed by atoms with Crippen molar-refractivity contribution in [2.45, 2.75) is 32.1 Å². The van der Waals surface area contributed by atoms with E-state index in [1.54, 1.807) is 0 Å². The summed E-state index contributed by atoms with van der Waals surface area (Å²) >= 11 is 0. The van der Waals surface area contributed by atoms with Gasteiger partial charge in [-0.05, 0) is 32.2 Å². The Morgan fingerprint density at radius 3 is 2.85 bits per heavy atom. The van der Waals surface area contributed by atoms with Crippen LogP contribution in [0.25, 0.3) is 0 Å². The van der Waals surface area contributed by atoms with Crippen LogP contribution in [-0.2, 0) is 26.3 Å². The summed E-state index contributed by atoms with van der Waals surface area (Å²) in [6.45, 7) is 0.698. The molecule has 0 amide bonds. The van der Waals surface area contributed by atoms with Crippen molar-refractivity contribution in [1.82, 2.24) is 9.55 Å². The minimum Gasteiger partial charge on any atom is -0.335 e. The van der Waals surface area contributed by atoms with Gasteiger partial charge in [-0.2, -0.15) is 0 Å². The topological polar surface area (TPSA) is 43.8 Å². The lowest BCUT2D eigenvalue weighted by atomic mass is 10.0. The van der Waals surface area contributed by atoms with Crippen molar-refractivity contribution in [3.8, 4) is 0 Å². The van der Waals surface area contributed by atoms with Gasteiger partial charge in [-0.15, -0.1) is 0 Å². The molecule has 3 heteroatoms. The smallest absolute Gasteiger partial charge is 0.110 e. The molecule has 0 saturated carbocycles. The van der Waals surface area contributed by atoms with Gasteiger partial charge in [0.05, 0.1) is 5.69 Å². The van der Waals surface area contributed by atoms with Gasteiger partial charge >= 0.3 is 0 Å². The quantitative estimate of drug-likeness (QED) is 0.729. The Kier molecular flexibility index (Phi) is 2.36. The second-order valence-electron chi connectivity index (χ2n) is 3.73. The van der Waals surface area contributed by atoms with Crippen molar-refractivity contribution in [2.75, 3.05) is 6.54 Å². The van der Waals surface area contributed by atoms with E-state index in [1.807, 2.05) is 0 Å². The molecule has 1 aliphatic rings. The standard InChI is InChI=1S/C10H17N3/c1-13-9-5-3-2-4-8(9)12-10(13)6-7-11/h2-7,11H2,1H3. The van der Waals surface area contributed by atoms with Gasteiger partial charge in [0, 0.05) is 19.2 Å². The molecule has 0 atom stereocenters. The Bertz CT molecular complexity index is 301. The lowest BCUT2D eigenvalue weighted by Gasteiger charge is -2.11. The molecular weight excluding hydrogens is 162 g/mol. The van der Waals surface area contributed by atoms with E-state index in [9.17, 15) is 0 Å². The second-order valence-corrected chi connectivity index (χ2v) is 3.73. The first-order valence-electron chi connectivity index (χ1n) is 5.06. The minimum absolute atomic E-state index is 0.698. The van der Waals surface area contributed by atoms with Crippen LogP contribution in [0.5, 0.6) is 0 Å². The van der Waals surface area contributed by atoms with Gasteiger partial charge in [-0.25, -0.2) is 4.98 Å². The molecule has 0 aliphatic heterocycles. The fraction of sp³-hybridized carbons (Fsp3) is 0.700. The third kappa shape index (κ3) is 1.48. The van der Waals surface area contributed by atoms with E-state index in [0.29, 0.717) is 6.54 Å². The highest BCUT2D eigenvalue weighted by Crippen LogP contribution is 2.21. The summed E-state index contributed by atoms with van der Waals surface area (Å²) in [5, 5.41) is 0. The highest BCUT2D eigenvalue weighted by atomic mass is 15.1. The van der Waals surface area contributed by atoms with Crippen molar-refractivity contribution >= 4 is 0 Å². The summed E-state index contributed by atoms with van der Waals surface area (Å²) in [4.78, 5) is 4.62. The number of nitrogens with two attached hydrogens (primary N) is 1. The van der Waals surface area contributed by atoms with E-state index in [0.717, 1.165) is 18.7 Å². The summed E-state index contributed by atoms with van der Waals surface area (Å²) in [7, 11) is 2.11. The normalized spacial score (nSPS) is 15.8. The third-order valence-corrected chi connectivity index (χ3v) is 2.83. The number of nitrogens with zero attached hydrogens (tertiary/aromatic N) is 2. The van der Waals surface area contributed by atoms with Crippen LogP contribution in [0.3, 0.4) is 0 Å². The number of aryl methyl sites for hydroxylation is 1. The van der Waals surface area contributed by atoms with Crippen LogP contribution in [0.15, 0.2) is 0 Å². The number of fused-ring (bicyclic) bond motifs is 1. The molecule has 1 aromatic rings. The van der Waals surface area contributed by atoms with Crippen LogP contribution in [0.4, 0.5) is 0 Å². The molecule has 0 spiro atoms. The molecule has 0 bridgehead atoms. The van der Waals surface area contributed by atoms with E-state index in [-0.39, 0.29) is 0 Å². The van der Waals surface area contributed by atoms with Crippen molar-refractivity contribution in [2.24, 2.45) is 12.8 Å². The van der Waals surface area contributed by atoms with E-state index in [4.69, 9.17) is 5.73 Å². The van der Waals surface area contributed by atoms with Gasteiger partial charge in [0.2, 0.25) is 0 Å². The predicted octanol–water partition coefficient (Wildman–Crippen LogP) is 0.800. The number of imidazole rings is 1. The lowest BCUT2D eigenvalue weighted by Crippen LogP contribution is -2.09. The number of aromatic nitrogens is 2. The van der Waals surface area contributed by atoms with Gasteiger partial charge in [0.25, 0.3) is 0 Å². The summed E-state index contributed by atoms with van der Waals surface area (Å²) in [5.41, 5.74) is 8.29. The third-order valence-electron chi connectivity index (χ3n) is 2.83. The molecule has 1 aromatic heterocycles. The first kappa shape index (κ1) is 8.75. The SMILES string of the molecule is Cn1c(CCN)nc2c1CCCC2. The Morgan fingerprint density at radius 2 is 2.15 bits per heavy atom. The molecular formula is C10H17N3. The van der Waals surface area contributed by atoms with Gasteiger partial charge < -0.3 is 10.3 Å². The zero-order chi connectivity index (χ0) is 9.26. The molecule has 0 unspecified atom stereocenters. The first-order chi connectivity index (χ1) is 6.33. The number of hydrogen-bond acceptors (Lipinski definition) is 2. The van der Waals surface area contributed by atoms with E-state index in [2.05, 4.69) is 16.6 Å². The molecule has 0 saturated heterocycles. The molecule has 0 fully saturated rings. The average molecular weight is 179 g/mol. The molecule has 72 valence electrons. The van der Waals surface area contributed by atoms with Crippen LogP contribution in [0.2, 0.25) is 0 Å². The Labute approximate surface area is 79.0 Å². The van der Waals surface area contributed by atoms with E-state index >= 15 is 0 Å². The molecule has 2 rings (SSSR count). The van der Waals surface area contributed by atoms with Crippen LogP contribution >= 0.6 is 0 Å². The maximum Gasteiger partial charge on any atom is 0.110 e. The van der Waals surface area contributed by atoms with Crippen LogP contribution < -0.4 is 5.73 Å². The number of hydrogen-bond donors (Lipinski definition) is 1. The van der Waals surface area contributed by atoms with Gasteiger partial charge in [0.15, 0.2) is 0 Å². The molecule has 1 heterocycles. The van der Waals surface area contributed by atoms with Crippen LogP contribution in [0, 0.1) is 0 Å². The zero-order valence-corrected chi connectivity index (χ0v) is 8.21. The largest absolute Gasteiger partial charge is 0.335 e. The van der Waals surface area contributed by atoms with E-state index < -0.39 is 0 Å². The Balaban J connectivity index is 2.33. The molecule has 1 aliphatic carbocycles. The zero-order valence-electron chi connectivity index (χ0n) is 8.21. The molecule has 13 heavy (non-hydrogen) atoms. The predicted molar refractivity (Wildman–Crippen MR) is 52.6 cm³/mol. The molecule has 2 N–H and O–H groups in total. The summed E-state index contributed by atoms with van der Waals surface area (Å²) < 4.78 is 2.24. The maximum absolute atomic E-state index is 5.53. The summed E-state index contributed by atoms with van der Waals surface area (Å²) in [6.07, 6.45) is 5.88. The van der Waals surface area contributed by atoms with Crippen molar-refractivity contribution in [1.29, 1.82) is 0 Å². The van der Waals surface area contributed by atoms with Crippen LogP contribution in [0.1, 0.15) is 30.1 Å². The van der Waals surface area contributed by atoms with Crippen molar-refractivity contribution in [3.05, 3.63) is 17.2 Å². The number of rotatable bonds is 2. The monoisotopic (exact) mass is 179 g/mol. The second kappa shape index (κ2) is 3.50. The first-order valence-corrected chi connectivity index (χ1v) is 5.06. The minimum atomic E-state index is 0.698. The highest BCUT2D eigenvalue weighted by Gasteiger charge is 2.16. The van der Waals surface area contributed by atoms with E-state index in [1.165, 1.54) is 30.7 Å². The van der Waals surface area contributed by atoms with Crippen molar-refractivity contribution < 1.29 is 0 Å². The van der Waals surface area contributed by atoms with Gasteiger partial charge in [-0.3, -0.25) is 0 Å². The van der Waals surface area contributed by atoms with Crippen molar-refractivity contribution in [3.63, 3.8) is 0 Å². The lowest BCUT2D eigenvalue weighted by molar-refractivity contribution is 0.639. The maximum atomic E-state index is 5.53. The van der Waals surface area contributed by atoms with Gasteiger partial charge in [-0.1, -0.05) is 0 Å². The molecule has 0 aromatic carbocycles. The summed E-state index contributed by atoms with van der Waals surface area (Å²) in [5.74, 6) is 1.16.